The van der Waals surface area contributed by atoms with E-state index >= 15 is 0 Å². The van der Waals surface area contributed by atoms with Gasteiger partial charge in [-0.2, -0.15) is 5.26 Å². The highest BCUT2D eigenvalue weighted by Crippen LogP contribution is 2.34. The van der Waals surface area contributed by atoms with Crippen molar-refractivity contribution >= 4 is 35.0 Å². The van der Waals surface area contributed by atoms with E-state index in [9.17, 15) is 35.1 Å². The Labute approximate surface area is 196 Å². The highest BCUT2D eigenvalue weighted by atomic mass is 16.6. The molecule has 35 heavy (non-hydrogen) atoms. The van der Waals surface area contributed by atoms with E-state index in [1.807, 2.05) is 0 Å². The van der Waals surface area contributed by atoms with E-state index in [1.165, 1.54) is 54.6 Å². The van der Waals surface area contributed by atoms with Gasteiger partial charge in [-0.3, -0.25) is 25.0 Å². The number of nitrogens with zero attached hydrogens (tertiary/aromatic N) is 3. The van der Waals surface area contributed by atoms with Crippen LogP contribution in [0.5, 0.6) is 11.5 Å². The molecule has 0 saturated carbocycles. The average molecular weight is 474 g/mol. The molecule has 12 nitrogen and oxygen atoms in total. The summed E-state index contributed by atoms with van der Waals surface area (Å²) in [5.41, 5.74) is -0.474. The number of carboxylic acid groups (broad SMARTS) is 1. The molecule has 0 unspecified atom stereocenters. The third kappa shape index (κ3) is 6.02. The monoisotopic (exact) mass is 474 g/mol. The topological polar surface area (TPSA) is 186 Å². The first-order valence-corrected chi connectivity index (χ1v) is 9.65. The number of nitro groups is 2. The Morgan fingerprint density at radius 2 is 1.63 bits per heavy atom. The first-order valence-electron chi connectivity index (χ1n) is 9.65. The van der Waals surface area contributed by atoms with E-state index < -0.39 is 33.1 Å². The van der Waals surface area contributed by atoms with E-state index in [1.54, 1.807) is 6.07 Å². The second-order valence-electron chi connectivity index (χ2n) is 6.84. The molecule has 0 heterocycles. The van der Waals surface area contributed by atoms with Gasteiger partial charge in [-0.15, -0.1) is 0 Å². The molecule has 1 amide bonds. The van der Waals surface area contributed by atoms with Crippen LogP contribution in [0.4, 0.5) is 17.1 Å². The Balaban J connectivity index is 1.75. The smallest absolute Gasteiger partial charge is 0.335 e. The minimum atomic E-state index is -1.11. The van der Waals surface area contributed by atoms with Crippen molar-refractivity contribution in [2.75, 3.05) is 5.32 Å². The molecule has 0 bridgehead atoms. The molecule has 174 valence electrons. The second-order valence-corrected chi connectivity index (χ2v) is 6.84. The van der Waals surface area contributed by atoms with E-state index in [4.69, 9.17) is 9.84 Å². The van der Waals surface area contributed by atoms with Gasteiger partial charge in [0.05, 0.1) is 21.5 Å². The number of carbonyl (C=O) groups excluding carboxylic acids is 1. The molecular formula is C23H14N4O8. The van der Waals surface area contributed by atoms with Crippen LogP contribution in [0.2, 0.25) is 0 Å². The van der Waals surface area contributed by atoms with Crippen molar-refractivity contribution in [2.45, 2.75) is 0 Å². The third-order valence-electron chi connectivity index (χ3n) is 4.52. The molecule has 0 saturated heterocycles. The number of aromatic carboxylic acids is 1. The van der Waals surface area contributed by atoms with Gasteiger partial charge in [-0.05, 0) is 54.1 Å². The number of non-ortho nitro benzene ring substituents is 1. The van der Waals surface area contributed by atoms with E-state index in [0.717, 1.165) is 18.2 Å². The maximum Gasteiger partial charge on any atom is 0.335 e. The minimum Gasteiger partial charge on any atom is -0.478 e. The molecule has 0 aliphatic heterocycles. The Kier molecular flexibility index (Phi) is 7.13. The first kappa shape index (κ1) is 24.1. The summed E-state index contributed by atoms with van der Waals surface area (Å²) in [5, 5.41) is 42.8. The summed E-state index contributed by atoms with van der Waals surface area (Å²) in [6, 6.07) is 16.0. The molecule has 0 spiro atoms. The summed E-state index contributed by atoms with van der Waals surface area (Å²) in [5.74, 6) is -1.84. The molecule has 0 fully saturated rings. The molecule has 3 aromatic carbocycles. The van der Waals surface area contributed by atoms with Crippen molar-refractivity contribution in [3.05, 3.63) is 104 Å². The zero-order valence-electron chi connectivity index (χ0n) is 17.6. The Hall–Kier alpha value is -5.57. The van der Waals surface area contributed by atoms with Gasteiger partial charge in [0, 0.05) is 11.8 Å². The predicted molar refractivity (Wildman–Crippen MR) is 122 cm³/mol. The van der Waals surface area contributed by atoms with E-state index in [2.05, 4.69) is 5.32 Å². The summed E-state index contributed by atoms with van der Waals surface area (Å²) in [4.78, 5) is 43.8. The number of carboxylic acids is 1. The lowest BCUT2D eigenvalue weighted by molar-refractivity contribution is -0.394. The number of rotatable bonds is 8. The van der Waals surface area contributed by atoms with Crippen LogP contribution >= 0.6 is 0 Å². The number of hydrogen-bond acceptors (Lipinski definition) is 8. The zero-order chi connectivity index (χ0) is 25.5. The van der Waals surface area contributed by atoms with Gasteiger partial charge >= 0.3 is 11.7 Å². The SMILES string of the molecule is N#C/C(=C\c1ccc(Oc2ccc([N+](=O)[O-])cc2[N+](=O)[O-])cc1)C(=O)Nc1ccc(C(=O)O)cc1. The fraction of sp³-hybridized carbons (Fsp3) is 0. The van der Waals surface area contributed by atoms with Crippen molar-refractivity contribution in [1.82, 2.24) is 0 Å². The van der Waals surface area contributed by atoms with Crippen LogP contribution in [0.1, 0.15) is 15.9 Å². The molecule has 0 atom stereocenters. The number of benzene rings is 3. The molecule has 0 radical (unpaired) electrons. The fourth-order valence-corrected chi connectivity index (χ4v) is 2.82. The summed E-state index contributed by atoms with van der Waals surface area (Å²) in [6.07, 6.45) is 1.30. The summed E-state index contributed by atoms with van der Waals surface area (Å²) >= 11 is 0. The van der Waals surface area contributed by atoms with Crippen LogP contribution in [0, 0.1) is 31.6 Å². The highest BCUT2D eigenvalue weighted by Gasteiger charge is 2.21. The van der Waals surface area contributed by atoms with Crippen LogP contribution in [-0.2, 0) is 4.79 Å². The van der Waals surface area contributed by atoms with Crippen LogP contribution < -0.4 is 10.1 Å². The Morgan fingerprint density at radius 1 is 0.971 bits per heavy atom. The van der Waals surface area contributed by atoms with Crippen molar-refractivity contribution in [3.8, 4) is 17.6 Å². The number of anilines is 1. The molecule has 0 aliphatic rings. The third-order valence-corrected chi connectivity index (χ3v) is 4.52. The van der Waals surface area contributed by atoms with Gasteiger partial charge < -0.3 is 15.2 Å². The standard InChI is InChI=1S/C23H14N4O8/c24-13-16(22(28)25-17-5-3-15(4-6-17)23(29)30)11-14-1-8-19(9-2-14)35-21-10-7-18(26(31)32)12-20(21)27(33)34/h1-12H,(H,25,28)(H,29,30)/b16-11+. The number of ether oxygens (including phenoxy) is 1. The summed E-state index contributed by atoms with van der Waals surface area (Å²) < 4.78 is 5.47. The molecule has 3 rings (SSSR count). The second kappa shape index (κ2) is 10.4. The molecule has 0 aliphatic carbocycles. The first-order chi connectivity index (χ1) is 16.7. The number of nitrogens with one attached hydrogen (secondary N) is 1. The summed E-state index contributed by atoms with van der Waals surface area (Å²) in [7, 11) is 0. The maximum atomic E-state index is 12.4. The van der Waals surface area contributed by atoms with Gasteiger partial charge in [0.1, 0.15) is 17.4 Å². The lowest BCUT2D eigenvalue weighted by Gasteiger charge is -2.07. The average Bonchev–Trinajstić information content (AvgIpc) is 2.83. The van der Waals surface area contributed by atoms with Crippen LogP contribution in [-0.4, -0.2) is 26.8 Å². The molecule has 3 aromatic rings. The number of amides is 1. The van der Waals surface area contributed by atoms with Gasteiger partial charge in [0.2, 0.25) is 5.75 Å². The number of nitriles is 1. The van der Waals surface area contributed by atoms with Gasteiger partial charge in [0.25, 0.3) is 11.6 Å². The molecule has 0 aromatic heterocycles. The number of nitro benzene ring substituents is 2. The lowest BCUT2D eigenvalue weighted by Crippen LogP contribution is -2.13. The largest absolute Gasteiger partial charge is 0.478 e. The Morgan fingerprint density at radius 3 is 2.17 bits per heavy atom. The minimum absolute atomic E-state index is 0.0421. The quantitative estimate of drug-likeness (QED) is 0.204. The maximum absolute atomic E-state index is 12.4. The molecular weight excluding hydrogens is 460 g/mol. The van der Waals surface area contributed by atoms with E-state index in [-0.39, 0.29) is 22.6 Å². The van der Waals surface area contributed by atoms with Crippen LogP contribution in [0.3, 0.4) is 0 Å². The zero-order valence-corrected chi connectivity index (χ0v) is 17.6. The highest BCUT2D eigenvalue weighted by molar-refractivity contribution is 6.09. The van der Waals surface area contributed by atoms with Gasteiger partial charge in [-0.25, -0.2) is 4.79 Å². The van der Waals surface area contributed by atoms with Crippen LogP contribution in [0.15, 0.2) is 72.3 Å². The molecule has 12 heteroatoms. The van der Waals surface area contributed by atoms with Gasteiger partial charge in [-0.1, -0.05) is 12.1 Å². The summed E-state index contributed by atoms with van der Waals surface area (Å²) in [6.45, 7) is 0. The van der Waals surface area contributed by atoms with Crippen molar-refractivity contribution in [1.29, 1.82) is 5.26 Å². The van der Waals surface area contributed by atoms with Crippen molar-refractivity contribution < 1.29 is 29.3 Å². The van der Waals surface area contributed by atoms with Crippen molar-refractivity contribution in [2.24, 2.45) is 0 Å². The van der Waals surface area contributed by atoms with Gasteiger partial charge in [0.15, 0.2) is 0 Å². The van der Waals surface area contributed by atoms with E-state index in [0.29, 0.717) is 11.3 Å². The Bertz CT molecular complexity index is 1390. The number of carbonyl (C=O) groups is 2. The van der Waals surface area contributed by atoms with Crippen molar-refractivity contribution in [3.63, 3.8) is 0 Å². The number of hydrogen-bond donors (Lipinski definition) is 2. The normalized spacial score (nSPS) is 10.7. The van der Waals surface area contributed by atoms with Crippen LogP contribution in [0.25, 0.3) is 6.08 Å². The lowest BCUT2D eigenvalue weighted by atomic mass is 10.1. The predicted octanol–water partition coefficient (Wildman–Crippen LogP) is 4.54. The molecule has 2 N–H and O–H groups in total. The fourth-order valence-electron chi connectivity index (χ4n) is 2.82.